The summed E-state index contributed by atoms with van der Waals surface area (Å²) in [6.07, 6.45) is 11.2. The van der Waals surface area contributed by atoms with Crippen molar-refractivity contribution in [2.45, 2.75) is 38.5 Å². The lowest BCUT2D eigenvalue weighted by Crippen LogP contribution is -2.33. The van der Waals surface area contributed by atoms with Crippen molar-refractivity contribution in [1.82, 2.24) is 9.88 Å². The molecule has 1 heterocycles. The zero-order chi connectivity index (χ0) is 15.7. The van der Waals surface area contributed by atoms with Gasteiger partial charge in [-0.2, -0.15) is 0 Å². The van der Waals surface area contributed by atoms with Crippen LogP contribution < -0.4 is 0 Å². The van der Waals surface area contributed by atoms with E-state index in [1.165, 1.54) is 50.9 Å². The van der Waals surface area contributed by atoms with E-state index >= 15 is 0 Å². The van der Waals surface area contributed by atoms with Crippen LogP contribution in [0.3, 0.4) is 0 Å². The van der Waals surface area contributed by atoms with Gasteiger partial charge in [-0.3, -0.25) is 14.7 Å². The highest BCUT2D eigenvalue weighted by molar-refractivity contribution is 6.39. The maximum absolute atomic E-state index is 12.4. The minimum atomic E-state index is -0.0330. The van der Waals surface area contributed by atoms with Crippen LogP contribution in [-0.4, -0.2) is 35.8 Å². The molecule has 22 heavy (non-hydrogen) atoms. The van der Waals surface area contributed by atoms with Crippen molar-refractivity contribution >= 4 is 29.0 Å². The number of nitrogens with zero attached hydrogens (tertiary/aromatic N) is 2. The van der Waals surface area contributed by atoms with Crippen LogP contribution in [0.25, 0.3) is 0 Å². The van der Waals surface area contributed by atoms with E-state index in [1.54, 1.807) is 0 Å². The molecule has 0 aliphatic heterocycles. The number of pyridine rings is 1. The Morgan fingerprint density at radius 1 is 1.23 bits per heavy atom. The first-order valence-electron chi connectivity index (χ1n) is 8.00. The summed E-state index contributed by atoms with van der Waals surface area (Å²) in [7, 11) is 2.00. The van der Waals surface area contributed by atoms with E-state index in [-0.39, 0.29) is 5.78 Å². The van der Waals surface area contributed by atoms with Gasteiger partial charge in [0, 0.05) is 18.9 Å². The average molecular weight is 341 g/mol. The molecule has 0 saturated heterocycles. The summed E-state index contributed by atoms with van der Waals surface area (Å²) < 4.78 is 0. The highest BCUT2D eigenvalue weighted by Gasteiger charge is 2.44. The van der Waals surface area contributed by atoms with Crippen LogP contribution in [0.4, 0.5) is 0 Å². The first-order chi connectivity index (χ1) is 10.5. The predicted molar refractivity (Wildman–Crippen MR) is 89.7 cm³/mol. The van der Waals surface area contributed by atoms with E-state index in [0.29, 0.717) is 28.1 Å². The molecule has 0 bridgehead atoms. The topological polar surface area (TPSA) is 33.2 Å². The Bertz CT molecular complexity index is 542. The van der Waals surface area contributed by atoms with Crippen molar-refractivity contribution in [2.24, 2.45) is 11.3 Å². The van der Waals surface area contributed by atoms with Gasteiger partial charge in [-0.1, -0.05) is 23.2 Å². The van der Waals surface area contributed by atoms with Crippen LogP contribution in [0.2, 0.25) is 10.0 Å². The first kappa shape index (κ1) is 16.2. The van der Waals surface area contributed by atoms with E-state index in [0.717, 1.165) is 12.0 Å². The maximum atomic E-state index is 12.4. The number of rotatable bonds is 5. The van der Waals surface area contributed by atoms with Gasteiger partial charge in [0.1, 0.15) is 0 Å². The zero-order valence-corrected chi connectivity index (χ0v) is 14.5. The van der Waals surface area contributed by atoms with Gasteiger partial charge in [0.05, 0.1) is 22.2 Å². The summed E-state index contributed by atoms with van der Waals surface area (Å²) in [6, 6.07) is 0. The fourth-order valence-corrected chi connectivity index (χ4v) is 4.23. The lowest BCUT2D eigenvalue weighted by atomic mass is 9.79. The van der Waals surface area contributed by atoms with Crippen molar-refractivity contribution in [3.8, 4) is 0 Å². The maximum Gasteiger partial charge on any atom is 0.179 e. The van der Waals surface area contributed by atoms with Gasteiger partial charge in [-0.05, 0) is 56.9 Å². The SMILES string of the molecule is CN(CC(=O)c1c(Cl)cncc1Cl)CC1CCC2(CC1)CC2. The summed E-state index contributed by atoms with van der Waals surface area (Å²) in [5, 5.41) is 0.665. The van der Waals surface area contributed by atoms with Gasteiger partial charge in [0.15, 0.2) is 5.78 Å². The van der Waals surface area contributed by atoms with Crippen molar-refractivity contribution < 1.29 is 4.79 Å². The average Bonchev–Trinajstić information content (AvgIpc) is 3.21. The Morgan fingerprint density at radius 2 is 1.82 bits per heavy atom. The van der Waals surface area contributed by atoms with E-state index in [2.05, 4.69) is 9.88 Å². The van der Waals surface area contributed by atoms with Crippen LogP contribution in [0.5, 0.6) is 0 Å². The number of likely N-dealkylation sites (N-methyl/N-ethyl adjacent to an activating group) is 1. The second-order valence-corrected chi connectivity index (χ2v) is 7.86. The Balaban J connectivity index is 1.53. The molecule has 3 rings (SSSR count). The van der Waals surface area contributed by atoms with Crippen molar-refractivity contribution in [3.63, 3.8) is 0 Å². The largest absolute Gasteiger partial charge is 0.299 e. The molecule has 0 atom stereocenters. The molecule has 120 valence electrons. The smallest absolute Gasteiger partial charge is 0.179 e. The monoisotopic (exact) mass is 340 g/mol. The lowest BCUT2D eigenvalue weighted by Gasteiger charge is -2.31. The molecular formula is C17H22Cl2N2O. The van der Waals surface area contributed by atoms with Gasteiger partial charge in [-0.15, -0.1) is 0 Å². The first-order valence-corrected chi connectivity index (χ1v) is 8.75. The standard InChI is InChI=1S/C17H22Cl2N2O/c1-21(10-12-2-4-17(5-3-12)6-7-17)11-15(22)16-13(18)8-20-9-14(16)19/h8-9,12H,2-7,10-11H2,1H3. The number of Topliss-reactive ketones (excluding diaryl/α,β-unsaturated/α-hetero) is 1. The molecule has 2 aliphatic carbocycles. The molecule has 0 unspecified atom stereocenters. The van der Waals surface area contributed by atoms with E-state index in [9.17, 15) is 4.79 Å². The molecule has 1 aromatic heterocycles. The fraction of sp³-hybridized carbons (Fsp3) is 0.647. The molecule has 0 radical (unpaired) electrons. The predicted octanol–water partition coefficient (Wildman–Crippen LogP) is 4.47. The van der Waals surface area contributed by atoms with Crippen LogP contribution in [0, 0.1) is 11.3 Å². The Morgan fingerprint density at radius 3 is 2.36 bits per heavy atom. The molecular weight excluding hydrogens is 319 g/mol. The Hall–Kier alpha value is -0.640. The number of halogens is 2. The molecule has 3 nitrogen and oxygen atoms in total. The highest BCUT2D eigenvalue weighted by atomic mass is 35.5. The summed E-state index contributed by atoms with van der Waals surface area (Å²) >= 11 is 12.1. The minimum Gasteiger partial charge on any atom is -0.299 e. The number of carbonyl (C=O) groups excluding carboxylic acids is 1. The molecule has 5 heteroatoms. The molecule has 1 spiro atoms. The Kier molecular flexibility index (Phi) is 4.77. The van der Waals surface area contributed by atoms with Gasteiger partial charge in [0.2, 0.25) is 0 Å². The second-order valence-electron chi connectivity index (χ2n) is 7.04. The van der Waals surface area contributed by atoms with Gasteiger partial charge in [0.25, 0.3) is 0 Å². The van der Waals surface area contributed by atoms with E-state index in [1.807, 2.05) is 7.05 Å². The third-order valence-electron chi connectivity index (χ3n) is 5.24. The van der Waals surface area contributed by atoms with Gasteiger partial charge >= 0.3 is 0 Å². The Labute approximate surface area is 142 Å². The summed E-state index contributed by atoms with van der Waals surface area (Å²) in [5.41, 5.74) is 1.12. The molecule has 2 saturated carbocycles. The van der Waals surface area contributed by atoms with Crippen LogP contribution in [0.1, 0.15) is 48.9 Å². The number of hydrogen-bond acceptors (Lipinski definition) is 3. The van der Waals surface area contributed by atoms with E-state index < -0.39 is 0 Å². The minimum absolute atomic E-state index is 0.0330. The molecule has 2 aliphatic rings. The lowest BCUT2D eigenvalue weighted by molar-refractivity contribution is 0.0927. The normalized spacial score (nSPS) is 20.5. The van der Waals surface area contributed by atoms with Crippen LogP contribution >= 0.6 is 23.2 Å². The molecule has 1 aromatic rings. The van der Waals surface area contributed by atoms with Crippen molar-refractivity contribution in [3.05, 3.63) is 28.0 Å². The molecule has 0 amide bonds. The summed E-state index contributed by atoms with van der Waals surface area (Å²) in [6.45, 7) is 1.33. The van der Waals surface area contributed by atoms with Gasteiger partial charge in [-0.25, -0.2) is 0 Å². The van der Waals surface area contributed by atoms with E-state index in [4.69, 9.17) is 23.2 Å². The van der Waals surface area contributed by atoms with Gasteiger partial charge < -0.3 is 0 Å². The third kappa shape index (κ3) is 3.64. The number of hydrogen-bond donors (Lipinski definition) is 0. The number of aromatic nitrogens is 1. The van der Waals surface area contributed by atoms with Crippen molar-refractivity contribution in [1.29, 1.82) is 0 Å². The summed E-state index contributed by atoms with van der Waals surface area (Å²) in [5.74, 6) is 0.682. The second kappa shape index (κ2) is 6.46. The van der Waals surface area contributed by atoms with Crippen molar-refractivity contribution in [2.75, 3.05) is 20.1 Å². The molecule has 0 aromatic carbocycles. The fourth-order valence-electron chi connectivity index (χ4n) is 3.66. The highest BCUT2D eigenvalue weighted by Crippen LogP contribution is 2.57. The molecule has 0 N–H and O–H groups in total. The zero-order valence-electron chi connectivity index (χ0n) is 12.9. The number of carbonyl (C=O) groups is 1. The number of ketones is 1. The molecule has 2 fully saturated rings. The van der Waals surface area contributed by atoms with Crippen LogP contribution in [-0.2, 0) is 0 Å². The quantitative estimate of drug-likeness (QED) is 0.741. The van der Waals surface area contributed by atoms with Crippen LogP contribution in [0.15, 0.2) is 12.4 Å². The third-order valence-corrected chi connectivity index (χ3v) is 5.81. The summed E-state index contributed by atoms with van der Waals surface area (Å²) in [4.78, 5) is 18.4.